The van der Waals surface area contributed by atoms with Crippen molar-refractivity contribution in [2.24, 2.45) is 5.92 Å². The summed E-state index contributed by atoms with van der Waals surface area (Å²) in [5.74, 6) is 0.960. The summed E-state index contributed by atoms with van der Waals surface area (Å²) in [6.07, 6.45) is 6.29. The van der Waals surface area contributed by atoms with Gasteiger partial charge in [-0.2, -0.15) is 0 Å². The third-order valence-corrected chi connectivity index (χ3v) is 10.2. The molecule has 0 saturated heterocycles. The molecular formula is C22H30ClN3O4S2. The Bertz CT molecular complexity index is 1140. The number of pyridine rings is 2. The van der Waals surface area contributed by atoms with Gasteiger partial charge in [-0.25, -0.2) is 27.3 Å². The number of halogens is 1. The predicted octanol–water partition coefficient (Wildman–Crippen LogP) is 4.13. The second-order valence-electron chi connectivity index (χ2n) is 9.67. The van der Waals surface area contributed by atoms with E-state index in [2.05, 4.69) is 14.7 Å². The van der Waals surface area contributed by atoms with E-state index in [0.717, 1.165) is 29.2 Å². The fourth-order valence-corrected chi connectivity index (χ4v) is 6.43. The van der Waals surface area contributed by atoms with Crippen LogP contribution < -0.4 is 9.46 Å². The number of hydrogen-bond acceptors (Lipinski definition) is 6. The number of rotatable bonds is 8. The maximum absolute atomic E-state index is 12.8. The Morgan fingerprint density at radius 1 is 1.22 bits per heavy atom. The summed E-state index contributed by atoms with van der Waals surface area (Å²) in [4.78, 5) is 8.79. The van der Waals surface area contributed by atoms with Crippen molar-refractivity contribution in [3.8, 4) is 5.88 Å². The number of fused-ring (bicyclic) bond motifs is 1. The van der Waals surface area contributed by atoms with Crippen molar-refractivity contribution in [1.82, 2.24) is 14.7 Å². The van der Waals surface area contributed by atoms with Crippen LogP contribution in [0.1, 0.15) is 65.0 Å². The number of hydrogen-bond donors (Lipinski definition) is 1. The first-order chi connectivity index (χ1) is 15.0. The van der Waals surface area contributed by atoms with Gasteiger partial charge in [-0.15, -0.1) is 0 Å². The van der Waals surface area contributed by atoms with Gasteiger partial charge < -0.3 is 4.74 Å². The smallest absolute Gasteiger partial charge is 0.223 e. The lowest BCUT2D eigenvalue weighted by molar-refractivity contribution is 0.119. The molecule has 0 radical (unpaired) electrons. The number of sulfone groups is 1. The monoisotopic (exact) mass is 499 g/mol. The average Bonchev–Trinajstić information content (AvgIpc) is 3.52. The molecular weight excluding hydrogens is 470 g/mol. The van der Waals surface area contributed by atoms with Gasteiger partial charge in [0.25, 0.3) is 0 Å². The summed E-state index contributed by atoms with van der Waals surface area (Å²) >= 11 is 6.23. The van der Waals surface area contributed by atoms with E-state index in [0.29, 0.717) is 29.8 Å². The third kappa shape index (κ3) is 4.95. The van der Waals surface area contributed by atoms with Crippen molar-refractivity contribution in [3.05, 3.63) is 29.2 Å². The van der Waals surface area contributed by atoms with Crippen molar-refractivity contribution in [3.63, 3.8) is 0 Å². The van der Waals surface area contributed by atoms with Gasteiger partial charge in [0.05, 0.1) is 26.4 Å². The van der Waals surface area contributed by atoms with Crippen LogP contribution in [0, 0.1) is 5.92 Å². The molecule has 4 rings (SSSR count). The van der Waals surface area contributed by atoms with Gasteiger partial charge in [0.2, 0.25) is 5.88 Å². The molecule has 0 aromatic carbocycles. The Hall–Kier alpha value is -1.29. The molecule has 0 bridgehead atoms. The Balaban J connectivity index is 1.63. The van der Waals surface area contributed by atoms with Gasteiger partial charge in [-0.3, -0.25) is 0 Å². The Labute approximate surface area is 197 Å². The largest absolute Gasteiger partial charge is 0.474 e. The molecule has 0 spiro atoms. The molecule has 32 heavy (non-hydrogen) atoms. The molecule has 10 heteroatoms. The maximum atomic E-state index is 12.8. The van der Waals surface area contributed by atoms with Crippen molar-refractivity contribution in [2.45, 2.75) is 75.5 Å². The molecule has 2 unspecified atom stereocenters. The van der Waals surface area contributed by atoms with Gasteiger partial charge in [0, 0.05) is 37.0 Å². The number of nitrogens with zero attached hydrogens (tertiary/aromatic N) is 2. The minimum absolute atomic E-state index is 0.111. The second-order valence-corrected chi connectivity index (χ2v) is 14.6. The molecule has 2 aromatic rings. The molecule has 0 aliphatic heterocycles. The van der Waals surface area contributed by atoms with Crippen molar-refractivity contribution >= 4 is 43.2 Å². The summed E-state index contributed by atoms with van der Waals surface area (Å²) < 4.78 is 46.0. The van der Waals surface area contributed by atoms with Crippen LogP contribution in [0.25, 0.3) is 10.8 Å². The van der Waals surface area contributed by atoms with E-state index in [1.54, 1.807) is 25.4 Å². The first-order valence-corrected chi connectivity index (χ1v) is 14.2. The molecule has 2 aromatic heterocycles. The fourth-order valence-electron chi connectivity index (χ4n) is 3.88. The predicted molar refractivity (Wildman–Crippen MR) is 128 cm³/mol. The van der Waals surface area contributed by atoms with E-state index in [4.69, 9.17) is 16.3 Å². The first-order valence-electron chi connectivity index (χ1n) is 11.0. The van der Waals surface area contributed by atoms with E-state index in [1.807, 2.05) is 20.8 Å². The fraction of sp³-hybridized carbons (Fsp3) is 0.636. The normalized spacial score (nSPS) is 23.5. The molecule has 1 N–H and O–H groups in total. The topological polar surface area (TPSA) is 98.3 Å². The van der Waals surface area contributed by atoms with Crippen LogP contribution in [0.5, 0.6) is 5.88 Å². The van der Waals surface area contributed by atoms with E-state index in [1.165, 1.54) is 0 Å². The lowest BCUT2D eigenvalue weighted by atomic mass is 9.95. The van der Waals surface area contributed by atoms with Crippen LogP contribution in [0.4, 0.5) is 0 Å². The third-order valence-electron chi connectivity index (χ3n) is 6.19. The zero-order chi connectivity index (χ0) is 23.3. The van der Waals surface area contributed by atoms with Crippen LogP contribution in [0.3, 0.4) is 0 Å². The maximum Gasteiger partial charge on any atom is 0.223 e. The summed E-state index contributed by atoms with van der Waals surface area (Å²) in [6.45, 7) is 7.50. The molecule has 2 heterocycles. The van der Waals surface area contributed by atoms with Gasteiger partial charge in [-0.05, 0) is 56.5 Å². The van der Waals surface area contributed by atoms with E-state index in [9.17, 15) is 12.6 Å². The summed E-state index contributed by atoms with van der Waals surface area (Å²) in [5.41, 5.74) is 0.928. The van der Waals surface area contributed by atoms with E-state index >= 15 is 0 Å². The van der Waals surface area contributed by atoms with Crippen LogP contribution in [0.2, 0.25) is 5.15 Å². The van der Waals surface area contributed by atoms with Crippen LogP contribution in [-0.2, 0) is 20.8 Å². The zero-order valence-electron chi connectivity index (χ0n) is 18.8. The molecule has 2 aliphatic rings. The summed E-state index contributed by atoms with van der Waals surface area (Å²) in [5, 5.41) is 1.61. The number of aromatic nitrogens is 2. The Kier molecular flexibility index (Phi) is 6.57. The van der Waals surface area contributed by atoms with Crippen molar-refractivity contribution in [1.29, 1.82) is 0 Å². The molecule has 0 amide bonds. The highest BCUT2D eigenvalue weighted by Crippen LogP contribution is 2.44. The Morgan fingerprint density at radius 3 is 2.50 bits per heavy atom. The number of ether oxygens (including phenoxy) is 1. The standard InChI is InChI=1S/C22H30ClN3O4S2/c1-5-32(28,29)15-8-14(9-15)30-21-18-12-24-19(23)10-16(18)17(11-25-21)20(13-6-7-13)26-31(27)22(2,3)4/h10-15,20,26H,5-9H2,1-4H3. The van der Waals surface area contributed by atoms with Crippen molar-refractivity contribution < 1.29 is 17.4 Å². The first kappa shape index (κ1) is 23.9. The minimum atomic E-state index is -3.05. The lowest BCUT2D eigenvalue weighted by Crippen LogP contribution is -2.43. The van der Waals surface area contributed by atoms with Gasteiger partial charge in [0.15, 0.2) is 9.84 Å². The van der Waals surface area contributed by atoms with Crippen LogP contribution >= 0.6 is 11.6 Å². The second kappa shape index (κ2) is 8.81. The van der Waals surface area contributed by atoms with Gasteiger partial charge >= 0.3 is 0 Å². The molecule has 2 atom stereocenters. The van der Waals surface area contributed by atoms with E-state index < -0.39 is 25.6 Å². The molecule has 2 saturated carbocycles. The van der Waals surface area contributed by atoms with Crippen LogP contribution in [-0.4, -0.2) is 44.4 Å². The molecule has 2 fully saturated rings. The minimum Gasteiger partial charge on any atom is -0.474 e. The van der Waals surface area contributed by atoms with E-state index in [-0.39, 0.29) is 23.1 Å². The summed E-state index contributed by atoms with van der Waals surface area (Å²) in [6, 6.07) is 1.68. The quantitative estimate of drug-likeness (QED) is 0.548. The molecule has 7 nitrogen and oxygen atoms in total. The van der Waals surface area contributed by atoms with Crippen LogP contribution in [0.15, 0.2) is 18.5 Å². The van der Waals surface area contributed by atoms with Crippen molar-refractivity contribution in [2.75, 3.05) is 5.75 Å². The highest BCUT2D eigenvalue weighted by Gasteiger charge is 2.40. The Morgan fingerprint density at radius 2 is 1.91 bits per heavy atom. The molecule has 176 valence electrons. The van der Waals surface area contributed by atoms with Gasteiger partial charge in [-0.1, -0.05) is 18.5 Å². The highest BCUT2D eigenvalue weighted by molar-refractivity contribution is 7.92. The zero-order valence-corrected chi connectivity index (χ0v) is 21.2. The molecule has 2 aliphatic carbocycles. The lowest BCUT2D eigenvalue weighted by Gasteiger charge is -2.34. The van der Waals surface area contributed by atoms with Gasteiger partial charge in [0.1, 0.15) is 11.3 Å². The number of nitrogens with one attached hydrogen (secondary N) is 1. The summed E-state index contributed by atoms with van der Waals surface area (Å²) in [7, 11) is -4.28. The SMILES string of the molecule is CCS(=O)(=O)C1CC(Oc2ncc(C(NS(=O)C(C)(C)C)C3CC3)c3cc(Cl)ncc23)C1. The highest BCUT2D eigenvalue weighted by atomic mass is 35.5. The average molecular weight is 500 g/mol.